The summed E-state index contributed by atoms with van der Waals surface area (Å²) in [6.07, 6.45) is 0.355. The molecule has 1 rings (SSSR count). The lowest BCUT2D eigenvalue weighted by molar-refractivity contribution is -0.134. The van der Waals surface area contributed by atoms with Gasteiger partial charge in [-0.2, -0.15) is 0 Å². The van der Waals surface area contributed by atoms with Crippen molar-refractivity contribution in [1.29, 1.82) is 0 Å². The molecular formula is C28H45N5O6. The number of hydrogen-bond donors (Lipinski definition) is 6. The summed E-state index contributed by atoms with van der Waals surface area (Å²) >= 11 is 0. The average Bonchev–Trinajstić information content (AvgIpc) is 2.88. The van der Waals surface area contributed by atoms with Crippen molar-refractivity contribution in [3.63, 3.8) is 0 Å². The van der Waals surface area contributed by atoms with E-state index in [-0.39, 0.29) is 37.9 Å². The summed E-state index contributed by atoms with van der Waals surface area (Å²) in [6.45, 7) is 10.2. The maximum Gasteiger partial charge on any atom is 0.243 e. The van der Waals surface area contributed by atoms with E-state index in [2.05, 4.69) is 26.6 Å². The molecule has 11 heteroatoms. The zero-order valence-corrected chi connectivity index (χ0v) is 23.9. The number of benzene rings is 1. The molecule has 218 valence electrons. The highest BCUT2D eigenvalue weighted by molar-refractivity contribution is 5.94. The number of hydrogen-bond acceptors (Lipinski definition) is 6. The molecule has 11 nitrogen and oxygen atoms in total. The fraction of sp³-hybridized carbons (Fsp3) is 0.607. The first kappa shape index (κ1) is 33.6. The molecule has 0 aromatic heterocycles. The molecule has 0 bridgehead atoms. The van der Waals surface area contributed by atoms with E-state index < -0.39 is 47.2 Å². The SMILES string of the molecule is CCC(C)(C)C(=O)NCC(=O)NC(Cc1ccccc1)C(=O)NC(CC(C)C)C(=O)NCC(=O)NCC(C)O. The van der Waals surface area contributed by atoms with Crippen LogP contribution in [0.25, 0.3) is 0 Å². The molecule has 3 unspecified atom stereocenters. The zero-order valence-electron chi connectivity index (χ0n) is 23.9. The van der Waals surface area contributed by atoms with Crippen LogP contribution in [0.3, 0.4) is 0 Å². The van der Waals surface area contributed by atoms with E-state index in [1.807, 2.05) is 51.1 Å². The zero-order chi connectivity index (χ0) is 29.6. The van der Waals surface area contributed by atoms with Crippen LogP contribution in [0.15, 0.2) is 30.3 Å². The summed E-state index contributed by atoms with van der Waals surface area (Å²) in [4.78, 5) is 63.2. The van der Waals surface area contributed by atoms with Gasteiger partial charge in [-0.3, -0.25) is 24.0 Å². The third-order valence-electron chi connectivity index (χ3n) is 6.20. The van der Waals surface area contributed by atoms with Gasteiger partial charge in [0, 0.05) is 18.4 Å². The van der Waals surface area contributed by atoms with Gasteiger partial charge in [-0.25, -0.2) is 0 Å². The molecule has 5 amide bonds. The number of carbonyl (C=O) groups excluding carboxylic acids is 5. The third-order valence-corrected chi connectivity index (χ3v) is 6.20. The van der Waals surface area contributed by atoms with Crippen LogP contribution in [0, 0.1) is 11.3 Å². The average molecular weight is 548 g/mol. The molecule has 0 aliphatic heterocycles. The molecule has 0 saturated heterocycles. The van der Waals surface area contributed by atoms with Gasteiger partial charge >= 0.3 is 0 Å². The number of carbonyl (C=O) groups is 5. The smallest absolute Gasteiger partial charge is 0.243 e. The molecular weight excluding hydrogens is 502 g/mol. The fourth-order valence-corrected chi connectivity index (χ4v) is 3.45. The molecule has 3 atom stereocenters. The van der Waals surface area contributed by atoms with E-state index in [4.69, 9.17) is 0 Å². The summed E-state index contributed by atoms with van der Waals surface area (Å²) in [6, 6.07) is 7.16. The number of amides is 5. The van der Waals surface area contributed by atoms with Gasteiger partial charge in [-0.05, 0) is 31.2 Å². The normalized spacial score (nSPS) is 13.5. The minimum absolute atomic E-state index is 0.0458. The first-order valence-electron chi connectivity index (χ1n) is 13.4. The van der Waals surface area contributed by atoms with E-state index in [0.717, 1.165) is 5.56 Å². The Morgan fingerprint density at radius 3 is 2.00 bits per heavy atom. The van der Waals surface area contributed by atoms with Gasteiger partial charge < -0.3 is 31.7 Å². The Kier molecular flexibility index (Phi) is 14.2. The Bertz CT molecular complexity index is 964. The van der Waals surface area contributed by atoms with Crippen molar-refractivity contribution < 1.29 is 29.1 Å². The predicted octanol–water partition coefficient (Wildman–Crippen LogP) is 0.410. The number of aliphatic hydroxyl groups excluding tert-OH is 1. The van der Waals surface area contributed by atoms with Crippen LogP contribution in [0.4, 0.5) is 0 Å². The van der Waals surface area contributed by atoms with Gasteiger partial charge in [0.2, 0.25) is 29.5 Å². The standard InChI is InChI=1S/C28H45N5O6/c1-7-28(5,6)27(39)31-17-24(36)32-22(14-20-11-9-8-10-12-20)26(38)33-21(13-18(2)3)25(37)30-16-23(35)29-15-19(4)34/h8-12,18-19,21-22,34H,7,13-17H2,1-6H3,(H,29,35)(H,30,37)(H,31,39)(H,32,36)(H,33,38). The highest BCUT2D eigenvalue weighted by Gasteiger charge is 2.29. The van der Waals surface area contributed by atoms with Crippen LogP contribution in [0.1, 0.15) is 59.9 Å². The molecule has 0 radical (unpaired) electrons. The van der Waals surface area contributed by atoms with Gasteiger partial charge in [0.05, 0.1) is 19.2 Å². The monoisotopic (exact) mass is 547 g/mol. The summed E-state index contributed by atoms with van der Waals surface area (Å²) in [5, 5.41) is 22.3. The molecule has 0 aliphatic rings. The first-order chi connectivity index (χ1) is 18.2. The molecule has 1 aromatic carbocycles. The molecule has 0 aliphatic carbocycles. The Morgan fingerprint density at radius 1 is 0.821 bits per heavy atom. The molecule has 6 N–H and O–H groups in total. The van der Waals surface area contributed by atoms with E-state index in [0.29, 0.717) is 12.8 Å². The summed E-state index contributed by atoms with van der Waals surface area (Å²) in [7, 11) is 0. The summed E-state index contributed by atoms with van der Waals surface area (Å²) in [5.41, 5.74) is 0.167. The van der Waals surface area contributed by atoms with E-state index >= 15 is 0 Å². The van der Waals surface area contributed by atoms with Crippen molar-refractivity contribution in [2.75, 3.05) is 19.6 Å². The van der Waals surface area contributed by atoms with Crippen molar-refractivity contribution >= 4 is 29.5 Å². The molecule has 0 heterocycles. The predicted molar refractivity (Wildman–Crippen MR) is 148 cm³/mol. The highest BCUT2D eigenvalue weighted by atomic mass is 16.3. The molecule has 0 saturated carbocycles. The van der Waals surface area contributed by atoms with Crippen molar-refractivity contribution in [2.45, 2.75) is 79.0 Å². The van der Waals surface area contributed by atoms with Crippen LogP contribution < -0.4 is 26.6 Å². The quantitative estimate of drug-likeness (QED) is 0.175. The second-order valence-corrected chi connectivity index (χ2v) is 10.8. The van der Waals surface area contributed by atoms with Crippen LogP contribution in [-0.4, -0.2) is 72.5 Å². The second-order valence-electron chi connectivity index (χ2n) is 10.8. The molecule has 39 heavy (non-hydrogen) atoms. The van der Waals surface area contributed by atoms with Crippen LogP contribution in [0.5, 0.6) is 0 Å². The van der Waals surface area contributed by atoms with Crippen LogP contribution in [0.2, 0.25) is 0 Å². The van der Waals surface area contributed by atoms with Gasteiger partial charge in [-0.1, -0.05) is 65.0 Å². The highest BCUT2D eigenvalue weighted by Crippen LogP contribution is 2.19. The lowest BCUT2D eigenvalue weighted by atomic mass is 9.89. The first-order valence-corrected chi connectivity index (χ1v) is 13.4. The molecule has 0 spiro atoms. The van der Waals surface area contributed by atoms with Crippen molar-refractivity contribution in [1.82, 2.24) is 26.6 Å². The van der Waals surface area contributed by atoms with Gasteiger partial charge in [-0.15, -0.1) is 0 Å². The van der Waals surface area contributed by atoms with Crippen LogP contribution >= 0.6 is 0 Å². The minimum Gasteiger partial charge on any atom is -0.392 e. The largest absolute Gasteiger partial charge is 0.392 e. The maximum absolute atomic E-state index is 13.3. The van der Waals surface area contributed by atoms with Crippen molar-refractivity contribution in [2.24, 2.45) is 11.3 Å². The summed E-state index contributed by atoms with van der Waals surface area (Å²) in [5.74, 6) is -2.33. The van der Waals surface area contributed by atoms with Gasteiger partial charge in [0.15, 0.2) is 0 Å². The topological polar surface area (TPSA) is 166 Å². The Morgan fingerprint density at radius 2 is 1.44 bits per heavy atom. The number of aliphatic hydroxyl groups is 1. The van der Waals surface area contributed by atoms with Gasteiger partial charge in [0.1, 0.15) is 12.1 Å². The van der Waals surface area contributed by atoms with E-state index in [1.165, 1.54) is 6.92 Å². The summed E-state index contributed by atoms with van der Waals surface area (Å²) < 4.78 is 0. The maximum atomic E-state index is 13.3. The van der Waals surface area contributed by atoms with Crippen LogP contribution in [-0.2, 0) is 30.4 Å². The second kappa shape index (κ2) is 16.5. The van der Waals surface area contributed by atoms with E-state index in [1.54, 1.807) is 13.8 Å². The molecule has 0 fully saturated rings. The van der Waals surface area contributed by atoms with E-state index in [9.17, 15) is 29.1 Å². The Balaban J connectivity index is 2.94. The Labute approximate surface area is 231 Å². The lowest BCUT2D eigenvalue weighted by Gasteiger charge is -2.25. The lowest BCUT2D eigenvalue weighted by Crippen LogP contribution is -2.56. The number of rotatable bonds is 16. The fourth-order valence-electron chi connectivity index (χ4n) is 3.45. The van der Waals surface area contributed by atoms with Gasteiger partial charge in [0.25, 0.3) is 0 Å². The number of nitrogens with one attached hydrogen (secondary N) is 5. The minimum atomic E-state index is -1.01. The molecule has 1 aromatic rings. The van der Waals surface area contributed by atoms with Crippen molar-refractivity contribution in [3.05, 3.63) is 35.9 Å². The third kappa shape index (κ3) is 13.2. The Hall–Kier alpha value is -3.47. The van der Waals surface area contributed by atoms with Crippen molar-refractivity contribution in [3.8, 4) is 0 Å².